The Hall–Kier alpha value is -1.05. The molecule has 0 radical (unpaired) electrons. The second kappa shape index (κ2) is 3.51. The lowest BCUT2D eigenvalue weighted by Gasteiger charge is -2.20. The van der Waals surface area contributed by atoms with Gasteiger partial charge < -0.3 is 0 Å². The fourth-order valence-corrected chi connectivity index (χ4v) is 1.74. The van der Waals surface area contributed by atoms with E-state index in [4.69, 9.17) is 5.84 Å². The van der Waals surface area contributed by atoms with Gasteiger partial charge in [-0.15, -0.1) is 0 Å². The van der Waals surface area contributed by atoms with Crippen molar-refractivity contribution in [2.45, 2.75) is 52.4 Å². The Kier molecular flexibility index (Phi) is 2.81. The smallest absolute Gasteiger partial charge is 0.205 e. The van der Waals surface area contributed by atoms with Crippen LogP contribution in [-0.4, -0.2) is 0 Å². The van der Waals surface area contributed by atoms with E-state index in [1.165, 1.54) is 0 Å². The molecule has 1 rings (SSSR count). The third-order valence-corrected chi connectivity index (χ3v) is 2.56. The molecule has 0 aliphatic heterocycles. The van der Waals surface area contributed by atoms with Crippen LogP contribution in [0.25, 0.3) is 0 Å². The van der Waals surface area contributed by atoms with Crippen molar-refractivity contribution < 1.29 is 4.68 Å². The largest absolute Gasteiger partial charge is 0.217 e. The van der Waals surface area contributed by atoms with Gasteiger partial charge in [-0.1, -0.05) is 46.2 Å². The molecule has 2 heteroatoms. The van der Waals surface area contributed by atoms with E-state index < -0.39 is 0 Å². The Balaban J connectivity index is 3.37. The predicted octanol–water partition coefficient (Wildman–Crippen LogP) is 2.28. The van der Waals surface area contributed by atoms with Crippen LogP contribution in [0.3, 0.4) is 0 Å². The molecule has 0 saturated heterocycles. The van der Waals surface area contributed by atoms with Gasteiger partial charge in [-0.2, -0.15) is 0 Å². The molecule has 84 valence electrons. The quantitative estimate of drug-likeness (QED) is 0.513. The van der Waals surface area contributed by atoms with Crippen LogP contribution in [0.2, 0.25) is 0 Å². The first-order valence-corrected chi connectivity index (χ1v) is 5.45. The summed E-state index contributed by atoms with van der Waals surface area (Å²) in [6.07, 6.45) is 0. The molecular weight excluding hydrogens is 184 g/mol. The number of aromatic nitrogens is 1. The molecule has 0 aliphatic rings. The number of nitrogen functional groups attached to an aromatic ring is 1. The number of nitrogens with zero attached hydrogens (tertiary/aromatic N) is 1. The second-order valence-corrected chi connectivity index (χ2v) is 6.17. The molecular formula is C13H23N2+. The topological polar surface area (TPSA) is 29.9 Å². The molecule has 0 bridgehead atoms. The van der Waals surface area contributed by atoms with Crippen molar-refractivity contribution in [3.63, 3.8) is 0 Å². The SMILES string of the molecule is CC(C)(C)c1cccc(C(C)(C)C)[n+]1N. The van der Waals surface area contributed by atoms with E-state index in [9.17, 15) is 0 Å². The lowest BCUT2D eigenvalue weighted by Crippen LogP contribution is -2.57. The molecule has 0 aromatic carbocycles. The van der Waals surface area contributed by atoms with E-state index in [0.717, 1.165) is 11.4 Å². The van der Waals surface area contributed by atoms with Crippen LogP contribution >= 0.6 is 0 Å². The molecule has 15 heavy (non-hydrogen) atoms. The standard InChI is InChI=1S/C13H23N2/c1-12(2,3)10-8-7-9-11(15(10)14)13(4,5)6/h7-9H,14H2,1-6H3/q+1. The highest BCUT2D eigenvalue weighted by molar-refractivity contribution is 5.14. The molecule has 0 atom stereocenters. The third-order valence-electron chi connectivity index (χ3n) is 2.56. The Labute approximate surface area is 93.1 Å². The summed E-state index contributed by atoms with van der Waals surface area (Å²) < 4.78 is 1.83. The monoisotopic (exact) mass is 207 g/mol. The van der Waals surface area contributed by atoms with Crippen LogP contribution in [0.4, 0.5) is 0 Å². The summed E-state index contributed by atoms with van der Waals surface area (Å²) in [4.78, 5) is 0. The van der Waals surface area contributed by atoms with Crippen molar-refractivity contribution >= 4 is 0 Å². The summed E-state index contributed by atoms with van der Waals surface area (Å²) >= 11 is 0. The zero-order chi connectivity index (χ0) is 11.9. The van der Waals surface area contributed by atoms with E-state index in [1.807, 2.05) is 4.68 Å². The van der Waals surface area contributed by atoms with Gasteiger partial charge in [-0.05, 0) is 6.07 Å². The minimum absolute atomic E-state index is 0.0794. The van der Waals surface area contributed by atoms with Gasteiger partial charge in [0.2, 0.25) is 11.4 Å². The summed E-state index contributed by atoms with van der Waals surface area (Å²) in [7, 11) is 0. The molecule has 1 aromatic heterocycles. The Morgan fingerprint density at radius 1 is 0.867 bits per heavy atom. The zero-order valence-corrected chi connectivity index (χ0v) is 10.8. The maximum atomic E-state index is 6.17. The molecule has 2 N–H and O–H groups in total. The maximum Gasteiger partial charge on any atom is 0.217 e. The van der Waals surface area contributed by atoms with Crippen molar-refractivity contribution in [2.75, 3.05) is 5.84 Å². The van der Waals surface area contributed by atoms with Gasteiger partial charge in [0.15, 0.2) is 0 Å². The maximum absolute atomic E-state index is 6.17. The van der Waals surface area contributed by atoms with Crippen molar-refractivity contribution in [1.29, 1.82) is 0 Å². The van der Waals surface area contributed by atoms with Gasteiger partial charge in [-0.25, -0.2) is 5.84 Å². The molecule has 1 aromatic rings. The van der Waals surface area contributed by atoms with E-state index in [0.29, 0.717) is 0 Å². The molecule has 0 amide bonds. The van der Waals surface area contributed by atoms with Crippen molar-refractivity contribution in [2.24, 2.45) is 0 Å². The molecule has 0 unspecified atom stereocenters. The summed E-state index contributed by atoms with van der Waals surface area (Å²) in [5.74, 6) is 6.17. The first kappa shape index (κ1) is 12.0. The number of pyridine rings is 1. The Bertz CT molecular complexity index is 322. The zero-order valence-electron chi connectivity index (χ0n) is 10.8. The van der Waals surface area contributed by atoms with Gasteiger partial charge >= 0.3 is 0 Å². The molecule has 0 spiro atoms. The van der Waals surface area contributed by atoms with Gasteiger partial charge in [0.25, 0.3) is 0 Å². The van der Waals surface area contributed by atoms with E-state index in [2.05, 4.69) is 59.7 Å². The third kappa shape index (κ3) is 2.49. The van der Waals surface area contributed by atoms with Gasteiger partial charge in [-0.3, -0.25) is 0 Å². The summed E-state index contributed by atoms with van der Waals surface area (Å²) in [6, 6.07) is 6.27. The lowest BCUT2D eigenvalue weighted by molar-refractivity contribution is -0.661. The highest BCUT2D eigenvalue weighted by Crippen LogP contribution is 2.22. The first-order valence-electron chi connectivity index (χ1n) is 5.45. The fraction of sp³-hybridized carbons (Fsp3) is 0.615. The normalized spacial score (nSPS) is 12.9. The Morgan fingerprint density at radius 3 is 1.47 bits per heavy atom. The van der Waals surface area contributed by atoms with Crippen LogP contribution in [-0.2, 0) is 10.8 Å². The number of rotatable bonds is 0. The average molecular weight is 207 g/mol. The molecule has 0 fully saturated rings. The van der Waals surface area contributed by atoms with Crippen molar-refractivity contribution in [3.05, 3.63) is 29.6 Å². The first-order chi connectivity index (χ1) is 6.64. The van der Waals surface area contributed by atoms with Crippen LogP contribution in [0.1, 0.15) is 52.9 Å². The predicted molar refractivity (Wildman–Crippen MR) is 64.2 cm³/mol. The molecule has 2 nitrogen and oxygen atoms in total. The van der Waals surface area contributed by atoms with Crippen LogP contribution in [0.15, 0.2) is 18.2 Å². The fourth-order valence-electron chi connectivity index (χ4n) is 1.74. The van der Waals surface area contributed by atoms with Gasteiger partial charge in [0.1, 0.15) is 0 Å². The Morgan fingerprint density at radius 2 is 1.20 bits per heavy atom. The van der Waals surface area contributed by atoms with E-state index in [-0.39, 0.29) is 10.8 Å². The number of hydrogen-bond donors (Lipinski definition) is 1. The molecule has 0 aliphatic carbocycles. The van der Waals surface area contributed by atoms with Crippen LogP contribution in [0, 0.1) is 0 Å². The van der Waals surface area contributed by atoms with Gasteiger partial charge in [0, 0.05) is 23.0 Å². The van der Waals surface area contributed by atoms with E-state index >= 15 is 0 Å². The molecule has 1 heterocycles. The highest BCUT2D eigenvalue weighted by atomic mass is 15.3. The summed E-state index contributed by atoms with van der Waals surface area (Å²) in [5.41, 5.74) is 2.48. The lowest BCUT2D eigenvalue weighted by atomic mass is 9.87. The van der Waals surface area contributed by atoms with Crippen LogP contribution in [0.5, 0.6) is 0 Å². The second-order valence-electron chi connectivity index (χ2n) is 6.17. The summed E-state index contributed by atoms with van der Waals surface area (Å²) in [6.45, 7) is 13.1. The van der Waals surface area contributed by atoms with Gasteiger partial charge in [0.05, 0.1) is 0 Å². The number of hydrogen-bond acceptors (Lipinski definition) is 1. The number of nitrogens with two attached hydrogens (primary N) is 1. The minimum Gasteiger partial charge on any atom is -0.205 e. The van der Waals surface area contributed by atoms with Crippen LogP contribution < -0.4 is 10.5 Å². The summed E-state index contributed by atoms with van der Waals surface area (Å²) in [5, 5.41) is 0. The minimum atomic E-state index is 0.0794. The van der Waals surface area contributed by atoms with Crippen molar-refractivity contribution in [1.82, 2.24) is 0 Å². The van der Waals surface area contributed by atoms with Crippen molar-refractivity contribution in [3.8, 4) is 0 Å². The molecule has 0 saturated carbocycles. The average Bonchev–Trinajstić information content (AvgIpc) is 1.99. The highest BCUT2D eigenvalue weighted by Gasteiger charge is 2.31. The van der Waals surface area contributed by atoms with E-state index in [1.54, 1.807) is 0 Å².